The fourth-order valence-corrected chi connectivity index (χ4v) is 1.91. The van der Waals surface area contributed by atoms with E-state index in [-0.39, 0.29) is 6.10 Å². The van der Waals surface area contributed by atoms with E-state index in [1.54, 1.807) is 0 Å². The van der Waals surface area contributed by atoms with Crippen LogP contribution >= 0.6 is 28.1 Å². The average molecular weight is 288 g/mol. The first-order valence-corrected chi connectivity index (χ1v) is 5.99. The number of hydrogen-bond donors (Lipinski definition) is 1. The van der Waals surface area contributed by atoms with Gasteiger partial charge in [-0.2, -0.15) is 0 Å². The molecule has 0 aromatic heterocycles. The van der Waals surface area contributed by atoms with Crippen LogP contribution in [0.3, 0.4) is 0 Å². The summed E-state index contributed by atoms with van der Waals surface area (Å²) in [4.78, 5) is 0.424. The van der Waals surface area contributed by atoms with Gasteiger partial charge in [-0.25, -0.2) is 0 Å². The summed E-state index contributed by atoms with van der Waals surface area (Å²) in [6.07, 6.45) is 0.683. The molecule has 4 heteroatoms. The van der Waals surface area contributed by atoms with Gasteiger partial charge in [-0.05, 0) is 24.1 Å². The monoisotopic (exact) mass is 287 g/mol. The van der Waals surface area contributed by atoms with Gasteiger partial charge in [0.15, 0.2) is 0 Å². The molecule has 2 N–H and O–H groups in total. The zero-order chi connectivity index (χ0) is 11.3. The maximum Gasteiger partial charge on any atom is 0.107 e. The van der Waals surface area contributed by atoms with E-state index in [9.17, 15) is 0 Å². The zero-order valence-corrected chi connectivity index (χ0v) is 11.0. The fraction of sp³-hybridized carbons (Fsp3) is 0.364. The first-order valence-electron chi connectivity index (χ1n) is 4.79. The minimum atomic E-state index is -0.126. The Morgan fingerprint density at radius 2 is 2.33 bits per heavy atom. The van der Waals surface area contributed by atoms with Gasteiger partial charge >= 0.3 is 0 Å². The highest BCUT2D eigenvalue weighted by atomic mass is 79.9. The maximum atomic E-state index is 5.61. The lowest BCUT2D eigenvalue weighted by Gasteiger charge is -2.14. The van der Waals surface area contributed by atoms with Crippen LogP contribution < -0.4 is 5.73 Å². The summed E-state index contributed by atoms with van der Waals surface area (Å²) in [6, 6.07) is 7.99. The van der Waals surface area contributed by atoms with Crippen LogP contribution in [0.5, 0.6) is 0 Å². The molecule has 1 atom stereocenters. The number of hydrogen-bond acceptors (Lipinski definition) is 2. The van der Waals surface area contributed by atoms with Crippen LogP contribution in [0.2, 0.25) is 0 Å². The number of thiocarbonyl (C=S) groups is 1. The van der Waals surface area contributed by atoms with Crippen LogP contribution in [-0.2, 0) is 11.3 Å². The Morgan fingerprint density at radius 1 is 1.60 bits per heavy atom. The molecule has 0 heterocycles. The van der Waals surface area contributed by atoms with E-state index < -0.39 is 0 Å². The summed E-state index contributed by atoms with van der Waals surface area (Å²) in [6.45, 7) is 2.54. The second-order valence-corrected chi connectivity index (χ2v) is 4.63. The quantitative estimate of drug-likeness (QED) is 0.846. The average Bonchev–Trinajstić information content (AvgIpc) is 2.18. The molecule has 0 spiro atoms. The highest BCUT2D eigenvalue weighted by molar-refractivity contribution is 9.10. The van der Waals surface area contributed by atoms with E-state index in [0.29, 0.717) is 11.6 Å². The summed E-state index contributed by atoms with van der Waals surface area (Å²) < 4.78 is 6.65. The lowest BCUT2D eigenvalue weighted by Crippen LogP contribution is -2.28. The smallest absolute Gasteiger partial charge is 0.107 e. The second kappa shape index (κ2) is 6.20. The van der Waals surface area contributed by atoms with E-state index in [2.05, 4.69) is 15.9 Å². The van der Waals surface area contributed by atoms with Crippen molar-refractivity contribution >= 4 is 33.1 Å². The molecule has 1 aromatic carbocycles. The number of ether oxygens (including phenoxy) is 1. The van der Waals surface area contributed by atoms with Crippen molar-refractivity contribution in [2.75, 3.05) is 0 Å². The van der Waals surface area contributed by atoms with Gasteiger partial charge in [0.25, 0.3) is 0 Å². The van der Waals surface area contributed by atoms with Crippen molar-refractivity contribution in [1.29, 1.82) is 0 Å². The van der Waals surface area contributed by atoms with Crippen LogP contribution in [0.1, 0.15) is 18.9 Å². The van der Waals surface area contributed by atoms with Crippen molar-refractivity contribution in [3.05, 3.63) is 34.3 Å². The fourth-order valence-electron chi connectivity index (χ4n) is 1.22. The Labute approximate surface area is 104 Å². The van der Waals surface area contributed by atoms with E-state index in [1.807, 2.05) is 31.2 Å². The molecule has 0 aliphatic rings. The predicted molar refractivity (Wildman–Crippen MR) is 69.8 cm³/mol. The molecule has 0 radical (unpaired) electrons. The molecule has 0 saturated heterocycles. The minimum Gasteiger partial charge on any atom is -0.391 e. The Kier molecular flexibility index (Phi) is 5.22. The topological polar surface area (TPSA) is 35.2 Å². The minimum absolute atomic E-state index is 0.126. The standard InChI is InChI=1S/C11H14BrNOS/c1-2-10(11(13)15)14-7-8-4-3-5-9(12)6-8/h3-6,10H,2,7H2,1H3,(H2,13,15). The van der Waals surface area contributed by atoms with Gasteiger partial charge in [-0.1, -0.05) is 47.2 Å². The molecular formula is C11H14BrNOS. The Balaban J connectivity index is 2.52. The number of halogens is 1. The van der Waals surface area contributed by atoms with Gasteiger partial charge in [0.2, 0.25) is 0 Å². The second-order valence-electron chi connectivity index (χ2n) is 3.24. The number of benzene rings is 1. The molecule has 2 nitrogen and oxygen atoms in total. The molecule has 0 bridgehead atoms. The van der Waals surface area contributed by atoms with E-state index in [4.69, 9.17) is 22.7 Å². The molecular weight excluding hydrogens is 274 g/mol. The number of nitrogens with two attached hydrogens (primary N) is 1. The van der Waals surface area contributed by atoms with Gasteiger partial charge in [0.05, 0.1) is 6.61 Å². The van der Waals surface area contributed by atoms with Gasteiger partial charge in [0, 0.05) is 4.47 Å². The summed E-state index contributed by atoms with van der Waals surface area (Å²) in [7, 11) is 0. The highest BCUT2D eigenvalue weighted by Gasteiger charge is 2.09. The highest BCUT2D eigenvalue weighted by Crippen LogP contribution is 2.13. The van der Waals surface area contributed by atoms with Crippen LogP contribution in [0.4, 0.5) is 0 Å². The first-order chi connectivity index (χ1) is 7.13. The lowest BCUT2D eigenvalue weighted by molar-refractivity contribution is 0.0829. The molecule has 82 valence electrons. The Bertz CT molecular complexity index is 343. The SMILES string of the molecule is CCC(OCc1cccc(Br)c1)C(N)=S. The van der Waals surface area contributed by atoms with E-state index in [1.165, 1.54) is 0 Å². The van der Waals surface area contributed by atoms with Crippen molar-refractivity contribution in [3.63, 3.8) is 0 Å². The Hall–Kier alpha value is -0.450. The van der Waals surface area contributed by atoms with Crippen LogP contribution in [0.25, 0.3) is 0 Å². The molecule has 0 aliphatic carbocycles. The van der Waals surface area contributed by atoms with Crippen LogP contribution in [0, 0.1) is 0 Å². The van der Waals surface area contributed by atoms with E-state index >= 15 is 0 Å². The molecule has 1 unspecified atom stereocenters. The molecule has 1 aromatic rings. The van der Waals surface area contributed by atoms with Crippen molar-refractivity contribution in [2.24, 2.45) is 5.73 Å². The summed E-state index contributed by atoms with van der Waals surface area (Å²) in [5.41, 5.74) is 6.65. The summed E-state index contributed by atoms with van der Waals surface area (Å²) in [5.74, 6) is 0. The molecule has 0 fully saturated rings. The predicted octanol–water partition coefficient (Wildman–Crippen LogP) is 3.03. The third-order valence-corrected chi connectivity index (χ3v) is 2.78. The normalized spacial score (nSPS) is 12.4. The molecule has 15 heavy (non-hydrogen) atoms. The zero-order valence-electron chi connectivity index (χ0n) is 8.57. The third kappa shape index (κ3) is 4.28. The van der Waals surface area contributed by atoms with Gasteiger partial charge in [0.1, 0.15) is 11.1 Å². The maximum absolute atomic E-state index is 5.61. The molecule has 0 aliphatic heterocycles. The third-order valence-electron chi connectivity index (χ3n) is 2.03. The van der Waals surface area contributed by atoms with E-state index in [0.717, 1.165) is 16.5 Å². The largest absolute Gasteiger partial charge is 0.391 e. The Morgan fingerprint density at radius 3 is 2.87 bits per heavy atom. The van der Waals surface area contributed by atoms with Crippen molar-refractivity contribution in [1.82, 2.24) is 0 Å². The molecule has 0 amide bonds. The first kappa shape index (κ1) is 12.6. The summed E-state index contributed by atoms with van der Waals surface area (Å²) >= 11 is 8.31. The molecule has 0 saturated carbocycles. The van der Waals surface area contributed by atoms with Crippen molar-refractivity contribution < 1.29 is 4.74 Å². The van der Waals surface area contributed by atoms with Crippen LogP contribution in [-0.4, -0.2) is 11.1 Å². The number of rotatable bonds is 5. The van der Waals surface area contributed by atoms with Crippen molar-refractivity contribution in [2.45, 2.75) is 26.1 Å². The van der Waals surface area contributed by atoms with Gasteiger partial charge in [-0.15, -0.1) is 0 Å². The summed E-state index contributed by atoms with van der Waals surface area (Å²) in [5, 5.41) is 0. The lowest BCUT2D eigenvalue weighted by atomic mass is 10.2. The van der Waals surface area contributed by atoms with Gasteiger partial charge < -0.3 is 10.5 Å². The van der Waals surface area contributed by atoms with Crippen molar-refractivity contribution in [3.8, 4) is 0 Å². The molecule has 1 rings (SSSR count). The van der Waals surface area contributed by atoms with Gasteiger partial charge in [-0.3, -0.25) is 0 Å². The van der Waals surface area contributed by atoms with Crippen LogP contribution in [0.15, 0.2) is 28.7 Å².